The van der Waals surface area contributed by atoms with E-state index < -0.39 is 5.91 Å². The lowest BCUT2D eigenvalue weighted by Gasteiger charge is -2.09. The second kappa shape index (κ2) is 10.6. The van der Waals surface area contributed by atoms with E-state index in [9.17, 15) is 9.59 Å². The fourth-order valence-corrected chi connectivity index (χ4v) is 4.09. The van der Waals surface area contributed by atoms with Gasteiger partial charge in [-0.3, -0.25) is 14.4 Å². The van der Waals surface area contributed by atoms with Crippen molar-refractivity contribution in [3.63, 3.8) is 0 Å². The molecule has 156 valence electrons. The number of hydrogen-bond donors (Lipinski definition) is 4. The third-order valence-electron chi connectivity index (χ3n) is 4.40. The van der Waals surface area contributed by atoms with Gasteiger partial charge < -0.3 is 26.8 Å². The molecule has 9 heteroatoms. The predicted molar refractivity (Wildman–Crippen MR) is 113 cm³/mol. The minimum atomic E-state index is -0.418. The number of hydrogen-bond acceptors (Lipinski definition) is 7. The van der Waals surface area contributed by atoms with E-state index >= 15 is 0 Å². The number of thiophene rings is 1. The molecular formula is C20H26N4O4S. The number of carbonyl (C=O) groups is 3. The normalized spacial score (nSPS) is 17.8. The molecule has 1 aliphatic rings. The van der Waals surface area contributed by atoms with Crippen molar-refractivity contribution >= 4 is 34.6 Å². The lowest BCUT2D eigenvalue weighted by molar-refractivity contribution is -0.142. The molecule has 0 radical (unpaired) electrons. The second-order valence-corrected chi connectivity index (χ2v) is 7.75. The Kier molecular flexibility index (Phi) is 8.17. The van der Waals surface area contributed by atoms with E-state index in [4.69, 9.17) is 15.3 Å². The SMILES string of the molecule is CNc1sc(Cc2ccc(CNC3CC(C)OC3=O)cc2)cc1C(N)=O.NC=O. The number of amides is 2. The van der Waals surface area contributed by atoms with Crippen molar-refractivity contribution in [1.29, 1.82) is 0 Å². The molecule has 2 unspecified atom stereocenters. The monoisotopic (exact) mass is 418 g/mol. The Morgan fingerprint density at radius 2 is 1.93 bits per heavy atom. The second-order valence-electron chi connectivity index (χ2n) is 6.62. The summed E-state index contributed by atoms with van der Waals surface area (Å²) in [6, 6.07) is 9.86. The van der Waals surface area contributed by atoms with Gasteiger partial charge in [-0.1, -0.05) is 24.3 Å². The van der Waals surface area contributed by atoms with E-state index in [-0.39, 0.29) is 24.5 Å². The number of carbonyl (C=O) groups excluding carboxylic acids is 3. The van der Waals surface area contributed by atoms with Gasteiger partial charge in [-0.2, -0.15) is 0 Å². The van der Waals surface area contributed by atoms with Gasteiger partial charge in [0.2, 0.25) is 6.41 Å². The zero-order valence-corrected chi connectivity index (χ0v) is 17.3. The number of nitrogens with one attached hydrogen (secondary N) is 2. The van der Waals surface area contributed by atoms with Gasteiger partial charge in [0.25, 0.3) is 5.91 Å². The van der Waals surface area contributed by atoms with Crippen LogP contribution >= 0.6 is 11.3 Å². The molecule has 1 saturated heterocycles. The molecule has 2 aromatic rings. The largest absolute Gasteiger partial charge is 0.461 e. The van der Waals surface area contributed by atoms with E-state index in [2.05, 4.69) is 28.5 Å². The van der Waals surface area contributed by atoms with Gasteiger partial charge in [0.1, 0.15) is 17.1 Å². The maximum absolute atomic E-state index is 11.6. The summed E-state index contributed by atoms with van der Waals surface area (Å²) < 4.78 is 5.15. The average Bonchev–Trinajstić information content (AvgIpc) is 3.24. The van der Waals surface area contributed by atoms with Crippen molar-refractivity contribution < 1.29 is 19.1 Å². The Hall–Kier alpha value is -2.91. The van der Waals surface area contributed by atoms with E-state index in [1.54, 1.807) is 7.05 Å². The molecule has 1 fully saturated rings. The van der Waals surface area contributed by atoms with Crippen LogP contribution in [0.2, 0.25) is 0 Å². The third kappa shape index (κ3) is 6.30. The highest BCUT2D eigenvalue weighted by molar-refractivity contribution is 7.16. The average molecular weight is 419 g/mol. The fraction of sp³-hybridized carbons (Fsp3) is 0.350. The van der Waals surface area contributed by atoms with Crippen molar-refractivity contribution in [1.82, 2.24) is 5.32 Å². The first-order valence-corrected chi connectivity index (χ1v) is 9.96. The Bertz CT molecular complexity index is 851. The van der Waals surface area contributed by atoms with Crippen LogP contribution in [-0.2, 0) is 27.3 Å². The highest BCUT2D eigenvalue weighted by atomic mass is 32.1. The van der Waals surface area contributed by atoms with Crippen LogP contribution in [0, 0.1) is 0 Å². The van der Waals surface area contributed by atoms with Crippen molar-refractivity contribution in [2.75, 3.05) is 12.4 Å². The molecule has 2 atom stereocenters. The van der Waals surface area contributed by atoms with Gasteiger partial charge in [-0.15, -0.1) is 11.3 Å². The Labute approximate surface area is 173 Å². The summed E-state index contributed by atoms with van der Waals surface area (Å²) >= 11 is 1.54. The number of rotatable bonds is 7. The van der Waals surface area contributed by atoms with Gasteiger partial charge in [0, 0.05) is 31.3 Å². The third-order valence-corrected chi connectivity index (χ3v) is 5.55. The lowest BCUT2D eigenvalue weighted by atomic mass is 10.1. The molecule has 0 saturated carbocycles. The minimum absolute atomic E-state index is 0.0130. The molecule has 0 bridgehead atoms. The quantitative estimate of drug-likeness (QED) is 0.396. The molecule has 8 nitrogen and oxygen atoms in total. The number of cyclic esters (lactones) is 1. The molecule has 0 aliphatic carbocycles. The molecule has 1 aliphatic heterocycles. The van der Waals surface area contributed by atoms with Crippen LogP contribution in [0.15, 0.2) is 30.3 Å². The number of nitrogens with two attached hydrogens (primary N) is 2. The first-order valence-electron chi connectivity index (χ1n) is 9.15. The number of esters is 1. The molecule has 0 spiro atoms. The van der Waals surface area contributed by atoms with Gasteiger partial charge >= 0.3 is 5.97 Å². The van der Waals surface area contributed by atoms with Crippen molar-refractivity contribution in [3.05, 3.63) is 51.9 Å². The predicted octanol–water partition coefficient (Wildman–Crippen LogP) is 1.37. The van der Waals surface area contributed by atoms with E-state index in [1.807, 2.05) is 25.1 Å². The standard InChI is InChI=1S/C19H23N3O3S.CH3NO/c1-11-7-16(19(24)25-11)22-10-13-5-3-12(4-6-13)8-14-9-15(17(20)23)18(21-2)26-14;2-1-3/h3-6,9,11,16,21-22H,7-8,10H2,1-2H3,(H2,20,23);1H,(H2,2,3). The summed E-state index contributed by atoms with van der Waals surface area (Å²) in [6.07, 6.45) is 1.69. The van der Waals surface area contributed by atoms with Crippen LogP contribution < -0.4 is 22.1 Å². The van der Waals surface area contributed by atoms with Gasteiger partial charge in [0.15, 0.2) is 0 Å². The molecule has 3 rings (SSSR count). The molecule has 2 heterocycles. The molecule has 1 aromatic heterocycles. The van der Waals surface area contributed by atoms with Crippen molar-refractivity contribution in [2.45, 2.75) is 38.5 Å². The zero-order chi connectivity index (χ0) is 21.4. The molecule has 6 N–H and O–H groups in total. The number of primary amides is 2. The van der Waals surface area contributed by atoms with Crippen LogP contribution in [0.5, 0.6) is 0 Å². The van der Waals surface area contributed by atoms with Crippen LogP contribution in [0.1, 0.15) is 39.7 Å². The van der Waals surface area contributed by atoms with Gasteiger partial charge in [-0.25, -0.2) is 0 Å². The Balaban J connectivity index is 0.000000941. The van der Waals surface area contributed by atoms with Crippen molar-refractivity contribution in [2.24, 2.45) is 11.5 Å². The first-order chi connectivity index (χ1) is 13.9. The molecular weight excluding hydrogens is 392 g/mol. The highest BCUT2D eigenvalue weighted by Gasteiger charge is 2.31. The summed E-state index contributed by atoms with van der Waals surface area (Å²) in [5, 5.41) is 7.06. The number of anilines is 1. The molecule has 1 aromatic carbocycles. The van der Waals surface area contributed by atoms with E-state index in [0.717, 1.165) is 27.4 Å². The molecule has 29 heavy (non-hydrogen) atoms. The van der Waals surface area contributed by atoms with Gasteiger partial charge in [0.05, 0.1) is 5.56 Å². The fourth-order valence-electron chi connectivity index (χ4n) is 3.04. The maximum Gasteiger partial charge on any atom is 0.323 e. The smallest absolute Gasteiger partial charge is 0.323 e. The van der Waals surface area contributed by atoms with Crippen LogP contribution in [0.4, 0.5) is 5.00 Å². The maximum atomic E-state index is 11.6. The summed E-state index contributed by atoms with van der Waals surface area (Å²) in [5.74, 6) is -0.588. The van der Waals surface area contributed by atoms with E-state index in [0.29, 0.717) is 18.5 Å². The minimum Gasteiger partial charge on any atom is -0.461 e. The molecule has 2 amide bonds. The van der Waals surface area contributed by atoms with Crippen LogP contribution in [-0.4, -0.2) is 37.5 Å². The number of ether oxygens (including phenoxy) is 1. The summed E-state index contributed by atoms with van der Waals surface area (Å²) in [5.41, 5.74) is 12.4. The van der Waals surface area contributed by atoms with Crippen molar-refractivity contribution in [3.8, 4) is 0 Å². The summed E-state index contributed by atoms with van der Waals surface area (Å²) in [7, 11) is 1.78. The summed E-state index contributed by atoms with van der Waals surface area (Å²) in [4.78, 5) is 32.8. The van der Waals surface area contributed by atoms with Gasteiger partial charge in [-0.05, 0) is 24.1 Å². The number of benzene rings is 1. The van der Waals surface area contributed by atoms with E-state index in [1.165, 1.54) is 11.3 Å². The lowest BCUT2D eigenvalue weighted by Crippen LogP contribution is -2.32. The van der Waals surface area contributed by atoms with Crippen LogP contribution in [0.25, 0.3) is 0 Å². The topological polar surface area (TPSA) is 137 Å². The highest BCUT2D eigenvalue weighted by Crippen LogP contribution is 2.29. The zero-order valence-electron chi connectivity index (χ0n) is 16.4. The Morgan fingerprint density at radius 3 is 2.41 bits per heavy atom. The summed E-state index contributed by atoms with van der Waals surface area (Å²) in [6.45, 7) is 2.53. The van der Waals surface area contributed by atoms with Crippen LogP contribution in [0.3, 0.4) is 0 Å². The Morgan fingerprint density at radius 1 is 1.31 bits per heavy atom. The first kappa shape index (κ1) is 22.4.